The molecule has 2 amide bonds. The van der Waals surface area contributed by atoms with Gasteiger partial charge in [0.1, 0.15) is 6.67 Å². The van der Waals surface area contributed by atoms with Crippen molar-refractivity contribution in [3.63, 3.8) is 0 Å². The van der Waals surface area contributed by atoms with Gasteiger partial charge < -0.3 is 9.64 Å². The van der Waals surface area contributed by atoms with Crippen molar-refractivity contribution < 1.29 is 22.7 Å². The molecule has 0 saturated carbocycles. The number of benzene rings is 1. The van der Waals surface area contributed by atoms with E-state index >= 15 is 0 Å². The van der Waals surface area contributed by atoms with E-state index in [4.69, 9.17) is 4.74 Å². The molecule has 1 aromatic carbocycles. The monoisotopic (exact) mass is 329 g/mol. The minimum Gasteiger partial charge on any atom is -0.378 e. The number of rotatable bonds is 1. The second-order valence-electron chi connectivity index (χ2n) is 5.05. The molecule has 2 heterocycles. The summed E-state index contributed by atoms with van der Waals surface area (Å²) in [5.41, 5.74) is -0.552. The third-order valence-corrected chi connectivity index (χ3v) is 3.50. The van der Waals surface area contributed by atoms with E-state index in [9.17, 15) is 18.0 Å². The number of halogens is 3. The number of ether oxygens (including phenoxy) is 1. The molecule has 0 N–H and O–H groups in total. The Bertz CT molecular complexity index is 616. The van der Waals surface area contributed by atoms with Gasteiger partial charge in [0, 0.05) is 13.1 Å². The van der Waals surface area contributed by atoms with Crippen LogP contribution in [0.4, 0.5) is 23.7 Å². The van der Waals surface area contributed by atoms with Crippen LogP contribution in [0.25, 0.3) is 0 Å². The first kappa shape index (κ1) is 15.5. The number of carbonyl (C=O) groups is 1. The predicted molar refractivity (Wildman–Crippen MR) is 73.3 cm³/mol. The van der Waals surface area contributed by atoms with E-state index in [-0.39, 0.29) is 18.4 Å². The number of nitrogens with zero attached hydrogens (tertiary/aromatic N) is 5. The number of morpholine rings is 1. The second-order valence-corrected chi connectivity index (χ2v) is 5.05. The molecule has 0 spiro atoms. The van der Waals surface area contributed by atoms with Gasteiger partial charge >= 0.3 is 12.2 Å². The Kier molecular flexibility index (Phi) is 4.07. The van der Waals surface area contributed by atoms with Crippen LogP contribution in [0.1, 0.15) is 5.56 Å². The quantitative estimate of drug-likeness (QED) is 0.795. The van der Waals surface area contributed by atoms with Crippen molar-refractivity contribution in [1.82, 2.24) is 9.91 Å². The molecule has 1 saturated heterocycles. The Balaban J connectivity index is 1.68. The summed E-state index contributed by atoms with van der Waals surface area (Å²) in [6, 6.07) is 4.39. The summed E-state index contributed by atoms with van der Waals surface area (Å²) in [6.07, 6.45) is -4.43. The van der Waals surface area contributed by atoms with Crippen LogP contribution >= 0.6 is 0 Å². The number of carbonyl (C=O) groups excluding carboxylic acids is 1. The van der Waals surface area contributed by atoms with Crippen LogP contribution < -0.4 is 5.01 Å². The average Bonchev–Trinajstić information content (AvgIpc) is 3.04. The highest BCUT2D eigenvalue weighted by Crippen LogP contribution is 2.32. The Morgan fingerprint density at radius 2 is 1.91 bits per heavy atom. The van der Waals surface area contributed by atoms with E-state index in [1.54, 1.807) is 4.90 Å². The summed E-state index contributed by atoms with van der Waals surface area (Å²) in [5.74, 6) is 0. The van der Waals surface area contributed by atoms with Gasteiger partial charge in [0.25, 0.3) is 0 Å². The molecule has 1 fully saturated rings. The molecule has 0 aliphatic carbocycles. The molecule has 3 rings (SSSR count). The molecule has 0 atom stereocenters. The molecule has 1 aromatic rings. The second kappa shape index (κ2) is 6.03. The van der Waals surface area contributed by atoms with Crippen molar-refractivity contribution in [3.8, 4) is 0 Å². The summed E-state index contributed by atoms with van der Waals surface area (Å²) in [7, 11) is 0. The molecule has 10 heteroatoms. The third-order valence-electron chi connectivity index (χ3n) is 3.50. The first-order valence-corrected chi connectivity index (χ1v) is 6.96. The smallest absolute Gasteiger partial charge is 0.378 e. The fraction of sp³-hybridized carbons (Fsp3) is 0.462. The number of hydrogen-bond acceptors (Lipinski definition) is 5. The third kappa shape index (κ3) is 3.36. The van der Waals surface area contributed by atoms with Crippen LogP contribution in [0.15, 0.2) is 34.7 Å². The van der Waals surface area contributed by atoms with Gasteiger partial charge in [0.2, 0.25) is 0 Å². The van der Waals surface area contributed by atoms with Crippen LogP contribution in [0.5, 0.6) is 0 Å². The van der Waals surface area contributed by atoms with Gasteiger partial charge in [0.05, 0.1) is 24.5 Å². The molecule has 2 aliphatic rings. The zero-order valence-electron chi connectivity index (χ0n) is 12.0. The fourth-order valence-corrected chi connectivity index (χ4v) is 2.27. The predicted octanol–water partition coefficient (Wildman–Crippen LogP) is 2.52. The number of anilines is 1. The minimum absolute atomic E-state index is 0.0303. The summed E-state index contributed by atoms with van der Waals surface area (Å²) in [5, 5.41) is 9.86. The van der Waals surface area contributed by atoms with Crippen molar-refractivity contribution >= 4 is 11.7 Å². The van der Waals surface area contributed by atoms with Crippen LogP contribution in [-0.2, 0) is 10.9 Å². The van der Waals surface area contributed by atoms with Crippen molar-refractivity contribution in [2.75, 3.05) is 38.0 Å². The van der Waals surface area contributed by atoms with Gasteiger partial charge in [-0.25, -0.2) is 9.80 Å². The molecular formula is C13H14F3N5O2. The molecule has 0 bridgehead atoms. The zero-order chi connectivity index (χ0) is 16.4. The standard InChI is InChI=1S/C13H14F3N5O2/c14-13(15,16)10-2-1-3-11(8-10)20-9-21(18-17-20)12(22)19-4-6-23-7-5-19/h1-3,8H,4-7,9H2. The molecule has 2 aliphatic heterocycles. The van der Waals surface area contributed by atoms with Gasteiger partial charge in [0.15, 0.2) is 0 Å². The van der Waals surface area contributed by atoms with Crippen LogP contribution in [0.2, 0.25) is 0 Å². The van der Waals surface area contributed by atoms with Crippen molar-refractivity contribution in [2.24, 2.45) is 10.4 Å². The lowest BCUT2D eigenvalue weighted by molar-refractivity contribution is -0.137. The molecule has 7 nitrogen and oxygen atoms in total. The van der Waals surface area contributed by atoms with E-state index in [0.717, 1.165) is 17.1 Å². The molecule has 124 valence electrons. The van der Waals surface area contributed by atoms with Crippen molar-refractivity contribution in [3.05, 3.63) is 29.8 Å². The Labute approximate surface area is 129 Å². The molecule has 0 aromatic heterocycles. The van der Waals surface area contributed by atoms with Crippen molar-refractivity contribution in [2.45, 2.75) is 6.18 Å². The van der Waals surface area contributed by atoms with E-state index in [1.807, 2.05) is 0 Å². The van der Waals surface area contributed by atoms with Gasteiger partial charge in [-0.2, -0.15) is 18.2 Å². The number of hydrogen-bond donors (Lipinski definition) is 0. The molecule has 23 heavy (non-hydrogen) atoms. The topological polar surface area (TPSA) is 60.7 Å². The summed E-state index contributed by atoms with van der Waals surface area (Å²) < 4.78 is 43.4. The largest absolute Gasteiger partial charge is 0.416 e. The maximum atomic E-state index is 12.7. The lowest BCUT2D eigenvalue weighted by atomic mass is 10.2. The SMILES string of the molecule is O=C(N1CCOCC1)N1CN(c2cccc(C(F)(F)F)c2)N=N1. The summed E-state index contributed by atoms with van der Waals surface area (Å²) in [4.78, 5) is 13.8. The number of alkyl halides is 3. The lowest BCUT2D eigenvalue weighted by Gasteiger charge is -2.28. The Morgan fingerprint density at radius 3 is 2.61 bits per heavy atom. The van der Waals surface area contributed by atoms with E-state index < -0.39 is 11.7 Å². The van der Waals surface area contributed by atoms with Gasteiger partial charge in [-0.15, -0.1) is 0 Å². The number of amides is 2. The van der Waals surface area contributed by atoms with Gasteiger partial charge in [-0.05, 0) is 28.6 Å². The highest BCUT2D eigenvalue weighted by atomic mass is 19.4. The maximum absolute atomic E-state index is 12.7. The van der Waals surface area contributed by atoms with Crippen LogP contribution in [0.3, 0.4) is 0 Å². The van der Waals surface area contributed by atoms with Crippen LogP contribution in [0, 0.1) is 0 Å². The first-order valence-electron chi connectivity index (χ1n) is 6.96. The molecule has 0 unspecified atom stereocenters. The van der Waals surface area contributed by atoms with E-state index in [0.29, 0.717) is 26.3 Å². The highest BCUT2D eigenvalue weighted by molar-refractivity contribution is 5.74. The zero-order valence-corrected chi connectivity index (χ0v) is 12.0. The van der Waals surface area contributed by atoms with Gasteiger partial charge in [-0.3, -0.25) is 0 Å². The maximum Gasteiger partial charge on any atom is 0.416 e. The fourth-order valence-electron chi connectivity index (χ4n) is 2.27. The lowest BCUT2D eigenvalue weighted by Crippen LogP contribution is -2.47. The van der Waals surface area contributed by atoms with Crippen LogP contribution in [-0.4, -0.2) is 48.9 Å². The Morgan fingerprint density at radius 1 is 1.17 bits per heavy atom. The summed E-state index contributed by atoms with van der Waals surface area (Å²) in [6.45, 7) is 1.78. The molecule has 0 radical (unpaired) electrons. The highest BCUT2D eigenvalue weighted by Gasteiger charge is 2.32. The Hall–Kier alpha value is -2.36. The van der Waals surface area contributed by atoms with E-state index in [1.165, 1.54) is 17.1 Å². The van der Waals surface area contributed by atoms with Gasteiger partial charge in [-0.1, -0.05) is 6.07 Å². The average molecular weight is 329 g/mol. The summed E-state index contributed by atoms with van der Waals surface area (Å²) >= 11 is 0. The normalized spacial score (nSPS) is 18.7. The first-order chi connectivity index (χ1) is 10.9. The van der Waals surface area contributed by atoms with E-state index in [2.05, 4.69) is 10.4 Å². The minimum atomic E-state index is -4.43. The number of urea groups is 1. The van der Waals surface area contributed by atoms with Crippen molar-refractivity contribution in [1.29, 1.82) is 0 Å². The molecular weight excluding hydrogens is 315 g/mol.